The Labute approximate surface area is 125 Å². The summed E-state index contributed by atoms with van der Waals surface area (Å²) >= 11 is 0. The maximum atomic E-state index is 13.6. The number of rotatable bonds is 3. The van der Waals surface area contributed by atoms with E-state index in [1.807, 2.05) is 33.8 Å². The molecule has 4 nitrogen and oxygen atoms in total. The molecule has 116 valence electrons. The maximum absolute atomic E-state index is 13.6. The molecule has 1 amide bonds. The molecule has 0 bridgehead atoms. The van der Waals surface area contributed by atoms with Crippen LogP contribution < -0.4 is 5.32 Å². The van der Waals surface area contributed by atoms with E-state index in [9.17, 15) is 9.18 Å². The number of likely N-dealkylation sites (tertiary alicyclic amines) is 1. The van der Waals surface area contributed by atoms with Crippen molar-refractivity contribution in [3.63, 3.8) is 0 Å². The second kappa shape index (κ2) is 6.02. The van der Waals surface area contributed by atoms with Crippen LogP contribution in [0.2, 0.25) is 0 Å². The molecule has 1 aromatic rings. The zero-order valence-corrected chi connectivity index (χ0v) is 13.1. The quantitative estimate of drug-likeness (QED) is 0.932. The first-order valence-electron chi connectivity index (χ1n) is 7.21. The summed E-state index contributed by atoms with van der Waals surface area (Å²) in [6.07, 6.45) is -0.290. The molecular weight excluding hydrogens is 271 g/mol. The number of hydrogen-bond acceptors (Lipinski definition) is 3. The van der Waals surface area contributed by atoms with Gasteiger partial charge >= 0.3 is 6.09 Å². The molecule has 1 aliphatic heterocycles. The van der Waals surface area contributed by atoms with Gasteiger partial charge in [-0.3, -0.25) is 0 Å². The summed E-state index contributed by atoms with van der Waals surface area (Å²) in [7, 11) is 0. The fourth-order valence-corrected chi connectivity index (χ4v) is 2.18. The van der Waals surface area contributed by atoms with Gasteiger partial charge in [-0.25, -0.2) is 9.18 Å². The Kier molecular flexibility index (Phi) is 4.52. The first kappa shape index (κ1) is 15.8. The van der Waals surface area contributed by atoms with Crippen molar-refractivity contribution in [3.05, 3.63) is 35.1 Å². The van der Waals surface area contributed by atoms with Crippen LogP contribution in [-0.2, 0) is 11.3 Å². The molecule has 0 radical (unpaired) electrons. The fourth-order valence-electron chi connectivity index (χ4n) is 2.18. The number of ether oxygens (including phenoxy) is 1. The minimum Gasteiger partial charge on any atom is -0.444 e. The molecule has 1 fully saturated rings. The van der Waals surface area contributed by atoms with Crippen LogP contribution in [0, 0.1) is 12.7 Å². The van der Waals surface area contributed by atoms with E-state index in [4.69, 9.17) is 4.74 Å². The van der Waals surface area contributed by atoms with Crippen LogP contribution in [0.15, 0.2) is 18.2 Å². The summed E-state index contributed by atoms with van der Waals surface area (Å²) in [5.74, 6) is -0.198. The molecule has 0 spiro atoms. The van der Waals surface area contributed by atoms with Crippen LogP contribution in [0.4, 0.5) is 9.18 Å². The van der Waals surface area contributed by atoms with Gasteiger partial charge in [0.05, 0.1) is 0 Å². The smallest absolute Gasteiger partial charge is 0.410 e. The first-order chi connectivity index (χ1) is 9.74. The standard InChI is InChI=1S/C16H23FN2O2/c1-11-5-6-14(17)12(7-11)8-18-13-9-19(10-13)15(20)21-16(2,3)4/h5-7,13,18H,8-10H2,1-4H3. The Balaban J connectivity index is 1.76. The minimum atomic E-state index is -0.472. The van der Waals surface area contributed by atoms with E-state index in [-0.39, 0.29) is 18.0 Å². The fraction of sp³-hybridized carbons (Fsp3) is 0.562. The third kappa shape index (κ3) is 4.43. The molecule has 21 heavy (non-hydrogen) atoms. The normalized spacial score (nSPS) is 15.8. The van der Waals surface area contributed by atoms with E-state index >= 15 is 0 Å². The maximum Gasteiger partial charge on any atom is 0.410 e. The van der Waals surface area contributed by atoms with Gasteiger partial charge in [-0.1, -0.05) is 17.7 Å². The van der Waals surface area contributed by atoms with Crippen molar-refractivity contribution in [2.24, 2.45) is 0 Å². The Morgan fingerprint density at radius 1 is 1.43 bits per heavy atom. The lowest BCUT2D eigenvalue weighted by Crippen LogP contribution is -2.60. The number of carbonyl (C=O) groups excluding carboxylic acids is 1. The Morgan fingerprint density at radius 2 is 2.10 bits per heavy atom. The van der Waals surface area contributed by atoms with Gasteiger partial charge < -0.3 is 15.0 Å². The van der Waals surface area contributed by atoms with Crippen LogP contribution in [0.5, 0.6) is 0 Å². The number of aryl methyl sites for hydroxylation is 1. The first-order valence-corrected chi connectivity index (χ1v) is 7.21. The number of nitrogens with one attached hydrogen (secondary N) is 1. The lowest BCUT2D eigenvalue weighted by molar-refractivity contribution is 0.00516. The summed E-state index contributed by atoms with van der Waals surface area (Å²) in [5, 5.41) is 3.26. The number of carbonyl (C=O) groups is 1. The van der Waals surface area contributed by atoms with Crippen molar-refractivity contribution in [1.29, 1.82) is 0 Å². The molecule has 0 unspecified atom stereocenters. The Morgan fingerprint density at radius 3 is 2.71 bits per heavy atom. The lowest BCUT2D eigenvalue weighted by atomic mass is 10.1. The largest absolute Gasteiger partial charge is 0.444 e. The average molecular weight is 294 g/mol. The summed E-state index contributed by atoms with van der Waals surface area (Å²) in [5.41, 5.74) is 1.23. The van der Waals surface area contributed by atoms with Gasteiger partial charge in [-0.05, 0) is 33.8 Å². The van der Waals surface area contributed by atoms with Crippen molar-refractivity contribution >= 4 is 6.09 Å². The van der Waals surface area contributed by atoms with Crippen LogP contribution in [0.1, 0.15) is 31.9 Å². The Hall–Kier alpha value is -1.62. The summed E-state index contributed by atoms with van der Waals surface area (Å²) < 4.78 is 18.9. The zero-order valence-electron chi connectivity index (χ0n) is 13.1. The second-order valence-electron chi connectivity index (χ2n) is 6.56. The summed E-state index contributed by atoms with van der Waals surface area (Å²) in [6, 6.07) is 5.27. The number of amides is 1. The molecule has 1 saturated heterocycles. The van der Waals surface area contributed by atoms with Crippen molar-refractivity contribution in [1.82, 2.24) is 10.2 Å². The highest BCUT2D eigenvalue weighted by atomic mass is 19.1. The van der Waals surface area contributed by atoms with E-state index in [0.717, 1.165) is 5.56 Å². The minimum absolute atomic E-state index is 0.192. The molecule has 2 rings (SSSR count). The molecule has 0 aliphatic carbocycles. The summed E-state index contributed by atoms with van der Waals surface area (Å²) in [4.78, 5) is 13.4. The SMILES string of the molecule is Cc1ccc(F)c(CNC2CN(C(=O)OC(C)(C)C)C2)c1. The van der Waals surface area contributed by atoms with Crippen molar-refractivity contribution in [2.45, 2.75) is 45.9 Å². The average Bonchev–Trinajstić information content (AvgIpc) is 2.29. The van der Waals surface area contributed by atoms with Gasteiger partial charge in [0.2, 0.25) is 0 Å². The molecule has 0 saturated carbocycles. The van der Waals surface area contributed by atoms with Gasteiger partial charge in [-0.2, -0.15) is 0 Å². The van der Waals surface area contributed by atoms with E-state index < -0.39 is 5.60 Å². The van der Waals surface area contributed by atoms with Gasteiger partial charge in [0.1, 0.15) is 11.4 Å². The third-order valence-corrected chi connectivity index (χ3v) is 3.32. The monoisotopic (exact) mass is 294 g/mol. The van der Waals surface area contributed by atoms with Crippen LogP contribution in [0.3, 0.4) is 0 Å². The van der Waals surface area contributed by atoms with Gasteiger partial charge in [0.25, 0.3) is 0 Å². The molecule has 1 N–H and O–H groups in total. The lowest BCUT2D eigenvalue weighted by Gasteiger charge is -2.40. The van der Waals surface area contributed by atoms with Gasteiger partial charge in [-0.15, -0.1) is 0 Å². The highest BCUT2D eigenvalue weighted by molar-refractivity contribution is 5.69. The van der Waals surface area contributed by atoms with E-state index in [1.165, 1.54) is 6.07 Å². The van der Waals surface area contributed by atoms with Crippen LogP contribution >= 0.6 is 0 Å². The number of hydrogen-bond donors (Lipinski definition) is 1. The van der Waals surface area contributed by atoms with Crippen LogP contribution in [-0.4, -0.2) is 35.7 Å². The third-order valence-electron chi connectivity index (χ3n) is 3.32. The second-order valence-corrected chi connectivity index (χ2v) is 6.56. The molecule has 1 aliphatic rings. The molecule has 5 heteroatoms. The predicted molar refractivity (Wildman–Crippen MR) is 79.6 cm³/mol. The van der Waals surface area contributed by atoms with E-state index in [1.54, 1.807) is 11.0 Å². The highest BCUT2D eigenvalue weighted by Crippen LogP contribution is 2.16. The molecular formula is C16H23FN2O2. The van der Waals surface area contributed by atoms with Crippen molar-refractivity contribution in [3.8, 4) is 0 Å². The molecule has 0 atom stereocenters. The summed E-state index contributed by atoms with van der Waals surface area (Å²) in [6.45, 7) is 9.16. The Bertz CT molecular complexity index is 519. The van der Waals surface area contributed by atoms with E-state index in [2.05, 4.69) is 5.32 Å². The number of nitrogens with zero attached hydrogens (tertiary/aromatic N) is 1. The number of halogens is 1. The van der Waals surface area contributed by atoms with Gasteiger partial charge in [0.15, 0.2) is 0 Å². The highest BCUT2D eigenvalue weighted by Gasteiger charge is 2.33. The molecule has 1 heterocycles. The predicted octanol–water partition coefficient (Wildman–Crippen LogP) is 2.84. The van der Waals surface area contributed by atoms with Gasteiger partial charge in [0, 0.05) is 31.2 Å². The molecule has 0 aromatic heterocycles. The van der Waals surface area contributed by atoms with Crippen LogP contribution in [0.25, 0.3) is 0 Å². The molecule has 1 aromatic carbocycles. The zero-order chi connectivity index (χ0) is 15.6. The van der Waals surface area contributed by atoms with E-state index in [0.29, 0.717) is 25.2 Å². The van der Waals surface area contributed by atoms with Crippen molar-refractivity contribution in [2.75, 3.05) is 13.1 Å². The topological polar surface area (TPSA) is 41.6 Å². The number of benzene rings is 1. The van der Waals surface area contributed by atoms with Crippen molar-refractivity contribution < 1.29 is 13.9 Å².